The van der Waals surface area contributed by atoms with Crippen LogP contribution in [0.5, 0.6) is 0 Å². The number of rotatable bonds is 3. The third-order valence-electron chi connectivity index (χ3n) is 3.73. The molecule has 0 unspecified atom stereocenters. The Bertz CT molecular complexity index is 403. The molecule has 1 saturated carbocycles. The molecule has 1 aromatic rings. The van der Waals surface area contributed by atoms with Gasteiger partial charge < -0.3 is 5.11 Å². The number of hydrogen-bond acceptors (Lipinski definition) is 2. The fraction of sp³-hybridized carbons (Fsp3) is 0.533. The predicted molar refractivity (Wildman–Crippen MR) is 68.0 cm³/mol. The van der Waals surface area contributed by atoms with E-state index in [9.17, 15) is 9.90 Å². The number of benzene rings is 1. The summed E-state index contributed by atoms with van der Waals surface area (Å²) in [4.78, 5) is 11.9. The molecular formula is C15H20O2. The Hall–Kier alpha value is -1.15. The van der Waals surface area contributed by atoms with Gasteiger partial charge in [0, 0.05) is 12.0 Å². The van der Waals surface area contributed by atoms with Crippen molar-refractivity contribution in [3.63, 3.8) is 0 Å². The van der Waals surface area contributed by atoms with Gasteiger partial charge in [0.2, 0.25) is 0 Å². The van der Waals surface area contributed by atoms with Gasteiger partial charge >= 0.3 is 0 Å². The minimum atomic E-state index is -0.778. The van der Waals surface area contributed by atoms with E-state index < -0.39 is 5.60 Å². The molecule has 1 N–H and O–H groups in total. The van der Waals surface area contributed by atoms with Crippen LogP contribution in [0.2, 0.25) is 0 Å². The van der Waals surface area contributed by atoms with E-state index in [1.807, 2.05) is 31.2 Å². The topological polar surface area (TPSA) is 37.3 Å². The highest BCUT2D eigenvalue weighted by Gasteiger charge is 2.33. The summed E-state index contributed by atoms with van der Waals surface area (Å²) in [5.74, 6) is 0.125. The predicted octanol–water partition coefficient (Wildman–Crippen LogP) is 3.43. The minimum absolute atomic E-state index is 0.125. The molecule has 2 rings (SSSR count). The van der Waals surface area contributed by atoms with E-state index in [-0.39, 0.29) is 5.78 Å². The average molecular weight is 232 g/mol. The standard InChI is InChI=1S/C15H20O2/c1-2-14(16)12-8-4-5-9-13(12)15(17)10-6-3-7-11-15/h4-5,8-9,17H,2-3,6-7,10-11H2,1H3. The summed E-state index contributed by atoms with van der Waals surface area (Å²) in [5.41, 5.74) is 0.769. The molecule has 0 atom stereocenters. The van der Waals surface area contributed by atoms with Gasteiger partial charge in [0.15, 0.2) is 5.78 Å². The van der Waals surface area contributed by atoms with Gasteiger partial charge in [0.1, 0.15) is 0 Å². The monoisotopic (exact) mass is 232 g/mol. The molecule has 0 bridgehead atoms. The van der Waals surface area contributed by atoms with Crippen molar-refractivity contribution in [3.05, 3.63) is 35.4 Å². The van der Waals surface area contributed by atoms with Crippen molar-refractivity contribution in [1.82, 2.24) is 0 Å². The molecule has 0 saturated heterocycles. The maximum absolute atomic E-state index is 11.9. The van der Waals surface area contributed by atoms with E-state index >= 15 is 0 Å². The van der Waals surface area contributed by atoms with Crippen molar-refractivity contribution < 1.29 is 9.90 Å². The maximum Gasteiger partial charge on any atom is 0.162 e. The molecule has 1 fully saturated rings. The van der Waals surface area contributed by atoms with E-state index in [0.717, 1.165) is 31.2 Å². The van der Waals surface area contributed by atoms with Crippen LogP contribution in [0, 0.1) is 0 Å². The van der Waals surface area contributed by atoms with E-state index in [1.54, 1.807) is 0 Å². The van der Waals surface area contributed by atoms with Crippen LogP contribution >= 0.6 is 0 Å². The zero-order valence-corrected chi connectivity index (χ0v) is 10.4. The summed E-state index contributed by atoms with van der Waals surface area (Å²) in [6.07, 6.45) is 5.33. The fourth-order valence-electron chi connectivity index (χ4n) is 2.73. The molecule has 0 heterocycles. The van der Waals surface area contributed by atoms with Crippen LogP contribution in [0.25, 0.3) is 0 Å². The second-order valence-electron chi connectivity index (χ2n) is 4.91. The first kappa shape index (κ1) is 12.3. The van der Waals surface area contributed by atoms with E-state index in [4.69, 9.17) is 0 Å². The van der Waals surface area contributed by atoms with Crippen molar-refractivity contribution in [2.45, 2.75) is 51.0 Å². The Morgan fingerprint density at radius 2 is 1.88 bits per heavy atom. The number of ketones is 1. The minimum Gasteiger partial charge on any atom is -0.385 e. The first-order valence-electron chi connectivity index (χ1n) is 6.52. The van der Waals surface area contributed by atoms with Gasteiger partial charge in [-0.1, -0.05) is 50.5 Å². The first-order chi connectivity index (χ1) is 8.17. The highest BCUT2D eigenvalue weighted by molar-refractivity contribution is 5.97. The molecule has 1 aliphatic carbocycles. The van der Waals surface area contributed by atoms with Crippen molar-refractivity contribution >= 4 is 5.78 Å². The zero-order chi connectivity index (χ0) is 12.3. The van der Waals surface area contributed by atoms with Crippen molar-refractivity contribution in [2.75, 3.05) is 0 Å². The number of carbonyl (C=O) groups is 1. The van der Waals surface area contributed by atoms with E-state index in [2.05, 4.69) is 0 Å². The lowest BCUT2D eigenvalue weighted by molar-refractivity contribution is -0.00134. The summed E-state index contributed by atoms with van der Waals surface area (Å²) < 4.78 is 0. The summed E-state index contributed by atoms with van der Waals surface area (Å²) in [5, 5.41) is 10.7. The summed E-state index contributed by atoms with van der Waals surface area (Å²) in [6.45, 7) is 1.87. The molecule has 2 heteroatoms. The lowest BCUT2D eigenvalue weighted by atomic mass is 9.77. The Morgan fingerprint density at radius 3 is 2.53 bits per heavy atom. The Kier molecular flexibility index (Phi) is 3.63. The van der Waals surface area contributed by atoms with Gasteiger partial charge in [0.05, 0.1) is 5.60 Å². The second kappa shape index (κ2) is 5.01. The molecule has 17 heavy (non-hydrogen) atoms. The van der Waals surface area contributed by atoms with Gasteiger partial charge in [-0.3, -0.25) is 4.79 Å². The molecule has 0 aromatic heterocycles. The summed E-state index contributed by atoms with van der Waals surface area (Å²) in [7, 11) is 0. The molecule has 0 aliphatic heterocycles. The fourth-order valence-corrected chi connectivity index (χ4v) is 2.73. The van der Waals surface area contributed by atoms with Gasteiger partial charge in [-0.15, -0.1) is 0 Å². The number of Topliss-reactive ketones (excluding diaryl/α,β-unsaturated/α-hetero) is 1. The Labute approximate surface area is 103 Å². The highest BCUT2D eigenvalue weighted by atomic mass is 16.3. The Balaban J connectivity index is 2.40. The van der Waals surface area contributed by atoms with E-state index in [0.29, 0.717) is 12.0 Å². The van der Waals surface area contributed by atoms with Crippen LogP contribution in [-0.4, -0.2) is 10.9 Å². The molecule has 1 aliphatic rings. The third-order valence-corrected chi connectivity index (χ3v) is 3.73. The van der Waals surface area contributed by atoms with Crippen LogP contribution in [0.4, 0.5) is 0 Å². The largest absolute Gasteiger partial charge is 0.385 e. The molecular weight excluding hydrogens is 212 g/mol. The lowest BCUT2D eigenvalue weighted by Crippen LogP contribution is -2.30. The van der Waals surface area contributed by atoms with Crippen molar-refractivity contribution in [2.24, 2.45) is 0 Å². The number of aliphatic hydroxyl groups is 1. The van der Waals surface area contributed by atoms with Crippen LogP contribution < -0.4 is 0 Å². The zero-order valence-electron chi connectivity index (χ0n) is 10.4. The first-order valence-corrected chi connectivity index (χ1v) is 6.52. The summed E-state index contributed by atoms with van der Waals surface area (Å²) >= 11 is 0. The number of hydrogen-bond donors (Lipinski definition) is 1. The van der Waals surface area contributed by atoms with Crippen LogP contribution in [0.3, 0.4) is 0 Å². The molecule has 0 radical (unpaired) electrons. The van der Waals surface area contributed by atoms with E-state index in [1.165, 1.54) is 6.42 Å². The average Bonchev–Trinajstić information content (AvgIpc) is 2.39. The highest BCUT2D eigenvalue weighted by Crippen LogP contribution is 2.38. The molecule has 92 valence electrons. The molecule has 2 nitrogen and oxygen atoms in total. The lowest BCUT2D eigenvalue weighted by Gasteiger charge is -2.33. The van der Waals surface area contributed by atoms with Crippen LogP contribution in [0.1, 0.15) is 61.4 Å². The van der Waals surface area contributed by atoms with Crippen molar-refractivity contribution in [1.29, 1.82) is 0 Å². The summed E-state index contributed by atoms with van der Waals surface area (Å²) in [6, 6.07) is 7.54. The van der Waals surface area contributed by atoms with Gasteiger partial charge in [-0.2, -0.15) is 0 Å². The Morgan fingerprint density at radius 1 is 1.24 bits per heavy atom. The van der Waals surface area contributed by atoms with Crippen LogP contribution in [0.15, 0.2) is 24.3 Å². The third kappa shape index (κ3) is 2.42. The normalized spacial score (nSPS) is 18.9. The SMILES string of the molecule is CCC(=O)c1ccccc1C1(O)CCCCC1. The van der Waals surface area contributed by atoms with Gasteiger partial charge in [-0.25, -0.2) is 0 Å². The smallest absolute Gasteiger partial charge is 0.162 e. The maximum atomic E-state index is 11.9. The molecule has 1 aromatic carbocycles. The van der Waals surface area contributed by atoms with Crippen molar-refractivity contribution in [3.8, 4) is 0 Å². The van der Waals surface area contributed by atoms with Gasteiger partial charge in [-0.05, 0) is 18.4 Å². The van der Waals surface area contributed by atoms with Gasteiger partial charge in [0.25, 0.3) is 0 Å². The molecule has 0 spiro atoms. The quantitative estimate of drug-likeness (QED) is 0.811. The number of carbonyl (C=O) groups excluding carboxylic acids is 1. The molecule has 0 amide bonds. The second-order valence-corrected chi connectivity index (χ2v) is 4.91. The van der Waals surface area contributed by atoms with Crippen LogP contribution in [-0.2, 0) is 5.60 Å².